The largest absolute Gasteiger partial charge is 0.307 e. The number of aryl methyl sites for hydroxylation is 1. The summed E-state index contributed by atoms with van der Waals surface area (Å²) in [6, 6.07) is 4.06. The molecule has 0 aliphatic rings. The maximum Gasteiger partial charge on any atom is 0.0941 e. The van der Waals surface area contributed by atoms with E-state index in [1.54, 1.807) is 18.6 Å². The summed E-state index contributed by atoms with van der Waals surface area (Å²) in [6.45, 7) is 2.13. The minimum atomic E-state index is -0.000139. The zero-order chi connectivity index (χ0) is 12.1. The molecule has 17 heavy (non-hydrogen) atoms. The molecule has 0 spiro atoms. The van der Waals surface area contributed by atoms with Gasteiger partial charge in [0.25, 0.3) is 0 Å². The summed E-state index contributed by atoms with van der Waals surface area (Å²) in [7, 11) is 1.91. The summed E-state index contributed by atoms with van der Waals surface area (Å²) in [5, 5.41) is 3.24. The quantitative estimate of drug-likeness (QED) is 0.866. The Bertz CT molecular complexity index is 470. The number of aromatic nitrogens is 3. The van der Waals surface area contributed by atoms with E-state index in [2.05, 4.69) is 33.3 Å². The van der Waals surface area contributed by atoms with Gasteiger partial charge >= 0.3 is 0 Å². The number of nitrogens with one attached hydrogen (secondary N) is 1. The van der Waals surface area contributed by atoms with Crippen LogP contribution in [0.5, 0.6) is 0 Å². The summed E-state index contributed by atoms with van der Waals surface area (Å²) in [4.78, 5) is 12.9. The normalized spacial score (nSPS) is 12.4. The third-order valence-corrected chi connectivity index (χ3v) is 2.75. The standard InChI is InChI=1S/C13H16N4/c1-3-10-5-4-6-17-12(10)13(14-2)11-9-15-7-8-16-11/h4-9,13-14H,3H2,1-2H3. The predicted molar refractivity (Wildman–Crippen MR) is 66.5 cm³/mol. The third-order valence-electron chi connectivity index (χ3n) is 2.75. The first-order chi connectivity index (χ1) is 8.36. The van der Waals surface area contributed by atoms with E-state index in [1.165, 1.54) is 5.56 Å². The average molecular weight is 228 g/mol. The minimum absolute atomic E-state index is 0.000139. The molecule has 2 heterocycles. The Morgan fingerprint density at radius 2 is 2.12 bits per heavy atom. The van der Waals surface area contributed by atoms with Gasteiger partial charge in [-0.1, -0.05) is 13.0 Å². The van der Waals surface area contributed by atoms with Gasteiger partial charge < -0.3 is 5.32 Å². The molecule has 2 rings (SSSR count). The van der Waals surface area contributed by atoms with E-state index in [9.17, 15) is 0 Å². The van der Waals surface area contributed by atoms with Crippen molar-refractivity contribution in [3.05, 3.63) is 53.9 Å². The Morgan fingerprint density at radius 1 is 1.24 bits per heavy atom. The average Bonchev–Trinajstić information content (AvgIpc) is 2.41. The first kappa shape index (κ1) is 11.7. The molecular weight excluding hydrogens is 212 g/mol. The van der Waals surface area contributed by atoms with Crippen LogP contribution in [0.3, 0.4) is 0 Å². The molecule has 1 N–H and O–H groups in total. The van der Waals surface area contributed by atoms with Crippen molar-refractivity contribution in [2.45, 2.75) is 19.4 Å². The molecule has 4 heteroatoms. The lowest BCUT2D eigenvalue weighted by Crippen LogP contribution is -2.21. The zero-order valence-corrected chi connectivity index (χ0v) is 10.1. The molecule has 88 valence electrons. The second-order valence-electron chi connectivity index (χ2n) is 3.75. The van der Waals surface area contributed by atoms with Crippen molar-refractivity contribution in [1.82, 2.24) is 20.3 Å². The zero-order valence-electron chi connectivity index (χ0n) is 10.1. The molecule has 0 amide bonds. The van der Waals surface area contributed by atoms with Crippen LogP contribution in [-0.4, -0.2) is 22.0 Å². The first-order valence-electron chi connectivity index (χ1n) is 5.73. The summed E-state index contributed by atoms with van der Waals surface area (Å²) in [6.07, 6.45) is 7.93. The molecule has 2 aromatic heterocycles. The summed E-state index contributed by atoms with van der Waals surface area (Å²) < 4.78 is 0. The highest BCUT2D eigenvalue weighted by Crippen LogP contribution is 2.20. The van der Waals surface area contributed by atoms with Gasteiger partial charge in [0.2, 0.25) is 0 Å². The Labute approximate surface area is 101 Å². The van der Waals surface area contributed by atoms with Crippen LogP contribution >= 0.6 is 0 Å². The van der Waals surface area contributed by atoms with Crippen LogP contribution in [0.4, 0.5) is 0 Å². The van der Waals surface area contributed by atoms with Crippen LogP contribution in [0.2, 0.25) is 0 Å². The maximum atomic E-state index is 4.47. The Morgan fingerprint density at radius 3 is 2.76 bits per heavy atom. The highest BCUT2D eigenvalue weighted by molar-refractivity contribution is 5.28. The van der Waals surface area contributed by atoms with Crippen molar-refractivity contribution in [2.75, 3.05) is 7.05 Å². The van der Waals surface area contributed by atoms with E-state index in [-0.39, 0.29) is 6.04 Å². The van der Waals surface area contributed by atoms with Gasteiger partial charge in [0.05, 0.1) is 23.6 Å². The number of pyridine rings is 1. The Hall–Kier alpha value is -1.81. The van der Waals surface area contributed by atoms with Crippen LogP contribution < -0.4 is 5.32 Å². The lowest BCUT2D eigenvalue weighted by atomic mass is 10.0. The van der Waals surface area contributed by atoms with E-state index in [1.807, 2.05) is 19.3 Å². The second-order valence-corrected chi connectivity index (χ2v) is 3.75. The van der Waals surface area contributed by atoms with Gasteiger partial charge in [-0.05, 0) is 25.1 Å². The molecule has 0 fully saturated rings. The van der Waals surface area contributed by atoms with Gasteiger partial charge in [0.15, 0.2) is 0 Å². The SMILES string of the molecule is CCc1cccnc1C(NC)c1cnccn1. The van der Waals surface area contributed by atoms with Crippen molar-refractivity contribution < 1.29 is 0 Å². The molecule has 1 atom stereocenters. The fraction of sp³-hybridized carbons (Fsp3) is 0.308. The van der Waals surface area contributed by atoms with Crippen LogP contribution in [0.15, 0.2) is 36.9 Å². The van der Waals surface area contributed by atoms with Crippen molar-refractivity contribution in [1.29, 1.82) is 0 Å². The van der Waals surface area contributed by atoms with Gasteiger partial charge in [-0.15, -0.1) is 0 Å². The van der Waals surface area contributed by atoms with Crippen LogP contribution in [0.25, 0.3) is 0 Å². The van der Waals surface area contributed by atoms with Gasteiger partial charge in [0, 0.05) is 18.6 Å². The lowest BCUT2D eigenvalue weighted by molar-refractivity contribution is 0.640. The highest BCUT2D eigenvalue weighted by atomic mass is 15.0. The highest BCUT2D eigenvalue weighted by Gasteiger charge is 2.17. The fourth-order valence-corrected chi connectivity index (χ4v) is 1.89. The van der Waals surface area contributed by atoms with E-state index in [0.717, 1.165) is 17.8 Å². The van der Waals surface area contributed by atoms with Crippen molar-refractivity contribution >= 4 is 0 Å². The third kappa shape index (κ3) is 2.47. The molecule has 0 radical (unpaired) electrons. The minimum Gasteiger partial charge on any atom is -0.307 e. The summed E-state index contributed by atoms with van der Waals surface area (Å²) in [5.74, 6) is 0. The molecular formula is C13H16N4. The van der Waals surface area contributed by atoms with Gasteiger partial charge in [-0.25, -0.2) is 0 Å². The summed E-state index contributed by atoms with van der Waals surface area (Å²) in [5.41, 5.74) is 3.15. The molecule has 0 aliphatic heterocycles. The van der Waals surface area contributed by atoms with Crippen molar-refractivity contribution in [3.8, 4) is 0 Å². The van der Waals surface area contributed by atoms with Crippen LogP contribution in [0, 0.1) is 0 Å². The lowest BCUT2D eigenvalue weighted by Gasteiger charge is -2.17. The number of hydrogen-bond acceptors (Lipinski definition) is 4. The van der Waals surface area contributed by atoms with Gasteiger partial charge in [-0.3, -0.25) is 15.0 Å². The molecule has 2 aromatic rings. The molecule has 0 bridgehead atoms. The van der Waals surface area contributed by atoms with E-state index < -0.39 is 0 Å². The molecule has 1 unspecified atom stereocenters. The van der Waals surface area contributed by atoms with Crippen LogP contribution in [-0.2, 0) is 6.42 Å². The number of hydrogen-bond donors (Lipinski definition) is 1. The Balaban J connectivity index is 2.42. The molecule has 0 saturated carbocycles. The van der Waals surface area contributed by atoms with Gasteiger partial charge in [-0.2, -0.15) is 0 Å². The molecule has 0 aliphatic carbocycles. The Kier molecular flexibility index (Phi) is 3.77. The molecule has 0 aromatic carbocycles. The van der Waals surface area contributed by atoms with E-state index in [4.69, 9.17) is 0 Å². The van der Waals surface area contributed by atoms with Crippen molar-refractivity contribution in [2.24, 2.45) is 0 Å². The second kappa shape index (κ2) is 5.50. The maximum absolute atomic E-state index is 4.47. The first-order valence-corrected chi connectivity index (χ1v) is 5.73. The summed E-state index contributed by atoms with van der Waals surface area (Å²) >= 11 is 0. The van der Waals surface area contributed by atoms with Gasteiger partial charge in [0.1, 0.15) is 0 Å². The monoisotopic (exact) mass is 228 g/mol. The van der Waals surface area contributed by atoms with Crippen molar-refractivity contribution in [3.63, 3.8) is 0 Å². The van der Waals surface area contributed by atoms with E-state index >= 15 is 0 Å². The number of rotatable bonds is 4. The van der Waals surface area contributed by atoms with E-state index in [0.29, 0.717) is 0 Å². The van der Waals surface area contributed by atoms with Crippen LogP contribution in [0.1, 0.15) is 29.9 Å². The smallest absolute Gasteiger partial charge is 0.0941 e. The fourth-order valence-electron chi connectivity index (χ4n) is 1.89. The molecule has 4 nitrogen and oxygen atoms in total. The topological polar surface area (TPSA) is 50.7 Å². The number of nitrogens with zero attached hydrogens (tertiary/aromatic N) is 3. The predicted octanol–water partition coefficient (Wildman–Crippen LogP) is 1.74. The molecule has 0 saturated heterocycles.